The third kappa shape index (κ3) is 3.01. The largest absolute Gasteiger partial charge is 0.497 e. The number of ether oxygens (including phenoxy) is 1. The van der Waals surface area contributed by atoms with Crippen molar-refractivity contribution < 1.29 is 9.53 Å². The van der Waals surface area contributed by atoms with Crippen LogP contribution in [0.1, 0.15) is 17.4 Å². The molecule has 2 atom stereocenters. The number of benzene rings is 1. The van der Waals surface area contributed by atoms with Crippen molar-refractivity contribution in [2.24, 2.45) is 5.92 Å². The highest BCUT2D eigenvalue weighted by atomic mass is 16.5. The van der Waals surface area contributed by atoms with Crippen LogP contribution in [0.2, 0.25) is 0 Å². The van der Waals surface area contributed by atoms with Gasteiger partial charge in [-0.05, 0) is 44.3 Å². The molecule has 1 aromatic heterocycles. The topological polar surface area (TPSA) is 45.7 Å². The molecule has 122 valence electrons. The summed E-state index contributed by atoms with van der Waals surface area (Å²) in [6.45, 7) is 3.73. The van der Waals surface area contributed by atoms with E-state index in [4.69, 9.17) is 4.74 Å². The number of aromatic nitrogens is 1. The Morgan fingerprint density at radius 3 is 2.70 bits per heavy atom. The molecular weight excluding hydrogens is 290 g/mol. The third-order valence-electron chi connectivity index (χ3n) is 4.64. The van der Waals surface area contributed by atoms with Crippen molar-refractivity contribution in [3.05, 3.63) is 36.0 Å². The second kappa shape index (κ2) is 6.16. The summed E-state index contributed by atoms with van der Waals surface area (Å²) in [6, 6.07) is 9.82. The van der Waals surface area contributed by atoms with Gasteiger partial charge in [0.25, 0.3) is 5.91 Å². The maximum atomic E-state index is 12.7. The molecule has 2 heterocycles. The summed E-state index contributed by atoms with van der Waals surface area (Å²) >= 11 is 0. The number of carbonyl (C=O) groups excluding carboxylic acids is 1. The van der Waals surface area contributed by atoms with Gasteiger partial charge < -0.3 is 14.5 Å². The zero-order valence-electron chi connectivity index (χ0n) is 14.1. The Hall–Kier alpha value is -2.14. The number of likely N-dealkylation sites (N-methyl/N-ethyl adjacent to an activating group) is 1. The predicted molar refractivity (Wildman–Crippen MR) is 90.8 cm³/mol. The Morgan fingerprint density at radius 1 is 1.26 bits per heavy atom. The highest BCUT2D eigenvalue weighted by Gasteiger charge is 2.34. The summed E-state index contributed by atoms with van der Waals surface area (Å²) in [5.41, 5.74) is 1.32. The average molecular weight is 313 g/mol. The summed E-state index contributed by atoms with van der Waals surface area (Å²) in [7, 11) is 5.77. The van der Waals surface area contributed by atoms with Crippen LogP contribution in [0, 0.1) is 5.92 Å². The summed E-state index contributed by atoms with van der Waals surface area (Å²) < 4.78 is 5.22. The third-order valence-corrected chi connectivity index (χ3v) is 4.64. The van der Waals surface area contributed by atoms with Gasteiger partial charge in [0.2, 0.25) is 0 Å². The second-order valence-corrected chi connectivity index (χ2v) is 6.47. The lowest BCUT2D eigenvalue weighted by molar-refractivity contribution is 0.0776. The molecule has 0 unspecified atom stereocenters. The summed E-state index contributed by atoms with van der Waals surface area (Å²) in [5, 5.41) is 0.974. The Bertz CT molecular complexity index is 729. The van der Waals surface area contributed by atoms with Crippen LogP contribution in [0.4, 0.5) is 0 Å². The van der Waals surface area contributed by atoms with Crippen LogP contribution < -0.4 is 4.74 Å². The number of amides is 1. The van der Waals surface area contributed by atoms with Gasteiger partial charge in [0.15, 0.2) is 0 Å². The van der Waals surface area contributed by atoms with Crippen molar-refractivity contribution in [3.63, 3.8) is 0 Å². The minimum atomic E-state index is 0.0129. The second-order valence-electron chi connectivity index (χ2n) is 6.47. The van der Waals surface area contributed by atoms with Gasteiger partial charge in [-0.25, -0.2) is 4.98 Å². The smallest absolute Gasteiger partial charge is 0.272 e. The van der Waals surface area contributed by atoms with Gasteiger partial charge in [-0.15, -0.1) is 0 Å². The van der Waals surface area contributed by atoms with E-state index in [0.29, 0.717) is 17.7 Å². The van der Waals surface area contributed by atoms with E-state index in [1.54, 1.807) is 13.2 Å². The van der Waals surface area contributed by atoms with Crippen molar-refractivity contribution >= 4 is 16.8 Å². The van der Waals surface area contributed by atoms with Crippen LogP contribution in [-0.2, 0) is 0 Å². The molecule has 1 aliphatic rings. The van der Waals surface area contributed by atoms with E-state index in [2.05, 4.69) is 30.9 Å². The first-order valence-electron chi connectivity index (χ1n) is 7.90. The van der Waals surface area contributed by atoms with Gasteiger partial charge in [-0.2, -0.15) is 0 Å². The van der Waals surface area contributed by atoms with E-state index in [1.165, 1.54) is 0 Å². The van der Waals surface area contributed by atoms with Crippen LogP contribution in [0.5, 0.6) is 5.75 Å². The van der Waals surface area contributed by atoms with E-state index >= 15 is 0 Å². The van der Waals surface area contributed by atoms with Crippen LogP contribution in [0.25, 0.3) is 10.9 Å². The van der Waals surface area contributed by atoms with Crippen LogP contribution >= 0.6 is 0 Å². The first-order valence-corrected chi connectivity index (χ1v) is 7.90. The number of fused-ring (bicyclic) bond motifs is 1. The molecule has 0 N–H and O–H groups in total. The maximum Gasteiger partial charge on any atom is 0.272 e. The molecule has 0 aliphatic carbocycles. The van der Waals surface area contributed by atoms with Crippen LogP contribution in [0.3, 0.4) is 0 Å². The Labute approximate surface area is 136 Å². The van der Waals surface area contributed by atoms with Crippen molar-refractivity contribution in [1.29, 1.82) is 0 Å². The number of rotatable bonds is 3. The Morgan fingerprint density at radius 2 is 2.04 bits per heavy atom. The van der Waals surface area contributed by atoms with Crippen molar-refractivity contribution in [1.82, 2.24) is 14.8 Å². The standard InChI is InChI=1S/C18H23N3O2/c1-12-10-21(11-17(12)20(2)3)18(22)16-7-5-13-9-14(23-4)6-8-15(13)19-16/h5-9,12,17H,10-11H2,1-4H3/t12-,17+/m0/s1. The van der Waals surface area contributed by atoms with Crippen molar-refractivity contribution in [2.75, 3.05) is 34.3 Å². The zero-order chi connectivity index (χ0) is 16.6. The molecule has 1 fully saturated rings. The minimum Gasteiger partial charge on any atom is -0.497 e. The number of likely N-dealkylation sites (tertiary alicyclic amines) is 1. The lowest BCUT2D eigenvalue weighted by atomic mass is 10.1. The fourth-order valence-electron chi connectivity index (χ4n) is 3.30. The zero-order valence-corrected chi connectivity index (χ0v) is 14.1. The molecule has 1 aliphatic heterocycles. The van der Waals surface area contributed by atoms with Crippen molar-refractivity contribution in [2.45, 2.75) is 13.0 Å². The van der Waals surface area contributed by atoms with Gasteiger partial charge in [0.05, 0.1) is 12.6 Å². The molecule has 2 aromatic rings. The predicted octanol–water partition coefficient (Wildman–Crippen LogP) is 2.27. The van der Waals surface area contributed by atoms with E-state index in [1.807, 2.05) is 29.2 Å². The van der Waals surface area contributed by atoms with Gasteiger partial charge >= 0.3 is 0 Å². The van der Waals surface area contributed by atoms with Gasteiger partial charge in [-0.1, -0.05) is 13.0 Å². The summed E-state index contributed by atoms with van der Waals surface area (Å²) in [6.07, 6.45) is 0. The summed E-state index contributed by atoms with van der Waals surface area (Å²) in [5.74, 6) is 1.28. The van der Waals surface area contributed by atoms with E-state index < -0.39 is 0 Å². The quantitative estimate of drug-likeness (QED) is 0.872. The normalized spacial score (nSPS) is 21.2. The first kappa shape index (κ1) is 15.7. The number of methoxy groups -OCH3 is 1. The lowest BCUT2D eigenvalue weighted by Crippen LogP contribution is -2.36. The molecule has 3 rings (SSSR count). The fourth-order valence-corrected chi connectivity index (χ4v) is 3.30. The molecule has 0 bridgehead atoms. The molecular formula is C18H23N3O2. The number of nitrogens with zero attached hydrogens (tertiary/aromatic N) is 3. The van der Waals surface area contributed by atoms with Crippen molar-refractivity contribution in [3.8, 4) is 5.75 Å². The molecule has 0 saturated carbocycles. The molecule has 0 radical (unpaired) electrons. The molecule has 1 aromatic carbocycles. The molecule has 1 amide bonds. The monoisotopic (exact) mass is 313 g/mol. The van der Waals surface area contributed by atoms with Crippen LogP contribution in [0.15, 0.2) is 30.3 Å². The summed E-state index contributed by atoms with van der Waals surface area (Å²) in [4.78, 5) is 21.4. The molecule has 1 saturated heterocycles. The highest BCUT2D eigenvalue weighted by Crippen LogP contribution is 2.23. The Kier molecular flexibility index (Phi) is 4.22. The first-order chi connectivity index (χ1) is 11.0. The molecule has 0 spiro atoms. The number of hydrogen-bond acceptors (Lipinski definition) is 4. The van der Waals surface area contributed by atoms with Crippen LogP contribution in [-0.4, -0.2) is 61.0 Å². The molecule has 5 heteroatoms. The van der Waals surface area contributed by atoms with E-state index in [9.17, 15) is 4.79 Å². The average Bonchev–Trinajstić information content (AvgIpc) is 2.95. The minimum absolute atomic E-state index is 0.0129. The maximum absolute atomic E-state index is 12.7. The molecule has 5 nitrogen and oxygen atoms in total. The number of pyridine rings is 1. The highest BCUT2D eigenvalue weighted by molar-refractivity contribution is 5.95. The number of hydrogen-bond donors (Lipinski definition) is 0. The van der Waals surface area contributed by atoms with E-state index in [-0.39, 0.29) is 5.91 Å². The van der Waals surface area contributed by atoms with E-state index in [0.717, 1.165) is 29.7 Å². The Balaban J connectivity index is 1.84. The van der Waals surface area contributed by atoms with Gasteiger partial charge in [0.1, 0.15) is 11.4 Å². The van der Waals surface area contributed by atoms with Gasteiger partial charge in [0, 0.05) is 24.5 Å². The number of carbonyl (C=O) groups is 1. The van der Waals surface area contributed by atoms with Gasteiger partial charge in [-0.3, -0.25) is 4.79 Å². The lowest BCUT2D eigenvalue weighted by Gasteiger charge is -2.22. The molecule has 23 heavy (non-hydrogen) atoms. The SMILES string of the molecule is COc1ccc2nc(C(=O)N3C[C@@H](N(C)C)[C@@H](C)C3)ccc2c1. The fraction of sp³-hybridized carbons (Fsp3) is 0.444.